The van der Waals surface area contributed by atoms with Gasteiger partial charge >= 0.3 is 0 Å². The summed E-state index contributed by atoms with van der Waals surface area (Å²) in [5.41, 5.74) is 3.29. The highest BCUT2D eigenvalue weighted by Gasteiger charge is 2.19. The number of ether oxygens (including phenoxy) is 2. The van der Waals surface area contributed by atoms with Crippen LogP contribution in [0, 0.1) is 18.2 Å². The molecule has 0 saturated carbocycles. The zero-order valence-corrected chi connectivity index (χ0v) is 15.8. The lowest BCUT2D eigenvalue weighted by atomic mass is 9.98. The van der Waals surface area contributed by atoms with Crippen LogP contribution in [-0.4, -0.2) is 23.9 Å². The van der Waals surface area contributed by atoms with Crippen molar-refractivity contribution in [1.82, 2.24) is 4.98 Å². The fraction of sp³-hybridized carbons (Fsp3) is 0.273. The smallest absolute Gasteiger partial charge is 0.165 e. The molecule has 0 bridgehead atoms. The van der Waals surface area contributed by atoms with Crippen LogP contribution >= 0.6 is 0 Å². The van der Waals surface area contributed by atoms with Crippen molar-refractivity contribution in [2.24, 2.45) is 0 Å². The first-order valence-electron chi connectivity index (χ1n) is 8.92. The largest absolute Gasteiger partial charge is 0.486 e. The van der Waals surface area contributed by atoms with E-state index in [2.05, 4.69) is 4.98 Å². The summed E-state index contributed by atoms with van der Waals surface area (Å²) in [6, 6.07) is 14.4. The molecule has 0 aliphatic heterocycles. The van der Waals surface area contributed by atoms with Crippen molar-refractivity contribution in [2.45, 2.75) is 33.0 Å². The quantitative estimate of drug-likeness (QED) is 0.595. The number of aryl methyl sites for hydroxylation is 1. The van der Waals surface area contributed by atoms with Crippen LogP contribution in [-0.2, 0) is 11.3 Å². The van der Waals surface area contributed by atoms with E-state index in [0.717, 1.165) is 11.3 Å². The third-order valence-electron chi connectivity index (χ3n) is 4.50. The molecule has 0 saturated heterocycles. The van der Waals surface area contributed by atoms with Crippen molar-refractivity contribution in [3.05, 3.63) is 71.2 Å². The second-order valence-electron chi connectivity index (χ2n) is 6.43. The fourth-order valence-electron chi connectivity index (χ4n) is 3.09. The maximum atomic E-state index is 14.7. The Bertz CT molecular complexity index is 953. The van der Waals surface area contributed by atoms with E-state index in [-0.39, 0.29) is 18.5 Å². The van der Waals surface area contributed by atoms with E-state index in [4.69, 9.17) is 14.9 Å². The Morgan fingerprint density at radius 3 is 2.59 bits per heavy atom. The monoisotopic (exact) mass is 366 g/mol. The van der Waals surface area contributed by atoms with Gasteiger partial charge in [-0.2, -0.15) is 0 Å². The minimum atomic E-state index is -0.469. The van der Waals surface area contributed by atoms with Gasteiger partial charge in [0.15, 0.2) is 11.6 Å². The van der Waals surface area contributed by atoms with Gasteiger partial charge in [-0.15, -0.1) is 0 Å². The molecule has 3 aromatic rings. The number of benzene rings is 2. The van der Waals surface area contributed by atoms with Crippen molar-refractivity contribution in [2.75, 3.05) is 7.11 Å². The molecule has 3 rings (SSSR count). The first-order chi connectivity index (χ1) is 13.0. The van der Waals surface area contributed by atoms with Gasteiger partial charge in [0, 0.05) is 29.8 Å². The maximum absolute atomic E-state index is 14.7. The fourth-order valence-corrected chi connectivity index (χ4v) is 3.09. The predicted octanol–water partition coefficient (Wildman–Crippen LogP) is 5.05. The molecule has 0 unspecified atom stereocenters. The Morgan fingerprint density at radius 2 is 1.93 bits per heavy atom. The summed E-state index contributed by atoms with van der Waals surface area (Å²) in [7, 11) is 1.58. The molecule has 0 radical (unpaired) electrons. The summed E-state index contributed by atoms with van der Waals surface area (Å²) in [4.78, 5) is 4.50. The minimum absolute atomic E-state index is 0.153. The van der Waals surface area contributed by atoms with Gasteiger partial charge in [0.25, 0.3) is 0 Å². The van der Waals surface area contributed by atoms with E-state index in [0.29, 0.717) is 28.6 Å². The topological polar surface area (TPSA) is 55.2 Å². The zero-order valence-electron chi connectivity index (χ0n) is 15.8. The van der Waals surface area contributed by atoms with E-state index < -0.39 is 5.82 Å². The first-order valence-corrected chi connectivity index (χ1v) is 8.92. The van der Waals surface area contributed by atoms with Crippen molar-refractivity contribution >= 4 is 16.6 Å². The highest BCUT2D eigenvalue weighted by molar-refractivity contribution is 6.11. The first kappa shape index (κ1) is 19.0. The van der Waals surface area contributed by atoms with Gasteiger partial charge in [-0.1, -0.05) is 37.3 Å². The number of fused-ring (bicyclic) bond motifs is 1. The number of nitrogens with one attached hydrogen (secondary N) is 1. The van der Waals surface area contributed by atoms with Crippen LogP contribution < -0.4 is 4.74 Å². The van der Waals surface area contributed by atoms with Gasteiger partial charge in [-0.3, -0.25) is 4.98 Å². The van der Waals surface area contributed by atoms with Gasteiger partial charge in [0.05, 0.1) is 17.3 Å². The molecule has 4 nitrogen and oxygen atoms in total. The molecule has 0 spiro atoms. The van der Waals surface area contributed by atoms with Crippen LogP contribution in [0.4, 0.5) is 4.39 Å². The van der Waals surface area contributed by atoms with E-state index in [1.807, 2.05) is 44.2 Å². The van der Waals surface area contributed by atoms with Crippen LogP contribution in [0.2, 0.25) is 0 Å². The third-order valence-corrected chi connectivity index (χ3v) is 4.50. The average Bonchev–Trinajstić information content (AvgIpc) is 2.68. The number of aromatic nitrogens is 1. The molecule has 0 amide bonds. The van der Waals surface area contributed by atoms with Crippen LogP contribution in [0.1, 0.15) is 30.2 Å². The molecule has 2 aromatic carbocycles. The van der Waals surface area contributed by atoms with E-state index in [1.54, 1.807) is 19.2 Å². The zero-order chi connectivity index (χ0) is 19.4. The molecule has 5 heteroatoms. The summed E-state index contributed by atoms with van der Waals surface area (Å²) < 4.78 is 25.7. The second-order valence-corrected chi connectivity index (χ2v) is 6.43. The normalized spacial score (nSPS) is 12.1. The van der Waals surface area contributed by atoms with Crippen molar-refractivity contribution in [3.8, 4) is 5.75 Å². The lowest BCUT2D eigenvalue weighted by Crippen LogP contribution is -2.22. The molecule has 140 valence electrons. The van der Waals surface area contributed by atoms with Gasteiger partial charge in [0.2, 0.25) is 0 Å². The minimum Gasteiger partial charge on any atom is -0.486 e. The standard InChI is InChI=1S/C22H23FN2O2/c1-4-20(26-3)22(24)17-10-14(2)25-19-12-21(18(23)11-16(17)19)27-13-15-8-6-5-7-9-15/h5-12,20,24H,4,13H2,1-3H3/t20-/m0/s1. The number of pyridine rings is 1. The molecule has 0 aliphatic carbocycles. The molecule has 27 heavy (non-hydrogen) atoms. The van der Waals surface area contributed by atoms with Crippen molar-refractivity contribution in [3.63, 3.8) is 0 Å². The van der Waals surface area contributed by atoms with Gasteiger partial charge in [-0.25, -0.2) is 4.39 Å². The molecule has 0 aliphatic rings. The van der Waals surface area contributed by atoms with E-state index in [1.165, 1.54) is 6.07 Å². The molecule has 1 heterocycles. The number of halogens is 1. The Labute approximate surface area is 158 Å². The Kier molecular flexibility index (Phi) is 5.81. The summed E-state index contributed by atoms with van der Waals surface area (Å²) in [5.74, 6) is -0.315. The van der Waals surface area contributed by atoms with E-state index >= 15 is 0 Å². The highest BCUT2D eigenvalue weighted by atomic mass is 19.1. The summed E-state index contributed by atoms with van der Waals surface area (Å²) in [6.45, 7) is 4.09. The second kappa shape index (κ2) is 8.27. The summed E-state index contributed by atoms with van der Waals surface area (Å²) in [5, 5.41) is 9.07. The highest BCUT2D eigenvalue weighted by Crippen LogP contribution is 2.28. The number of nitrogens with zero attached hydrogens (tertiary/aromatic N) is 1. The Hall–Kier alpha value is -2.79. The number of rotatable bonds is 7. The lowest BCUT2D eigenvalue weighted by molar-refractivity contribution is 0.152. The third kappa shape index (κ3) is 4.14. The van der Waals surface area contributed by atoms with Crippen LogP contribution in [0.3, 0.4) is 0 Å². The molecule has 1 N–H and O–H groups in total. The summed E-state index contributed by atoms with van der Waals surface area (Å²) >= 11 is 0. The number of methoxy groups -OCH3 is 1. The number of hydrogen-bond acceptors (Lipinski definition) is 4. The van der Waals surface area contributed by atoms with Crippen molar-refractivity contribution in [1.29, 1.82) is 5.41 Å². The molecule has 0 fully saturated rings. The van der Waals surface area contributed by atoms with Crippen LogP contribution in [0.5, 0.6) is 5.75 Å². The predicted molar refractivity (Wildman–Crippen MR) is 105 cm³/mol. The maximum Gasteiger partial charge on any atom is 0.165 e. The van der Waals surface area contributed by atoms with Gasteiger partial charge in [-0.05, 0) is 31.0 Å². The van der Waals surface area contributed by atoms with Gasteiger partial charge in [0.1, 0.15) is 6.61 Å². The Balaban J connectivity index is 1.99. The SMILES string of the molecule is CC[C@H](OC)C(=N)c1cc(C)nc2cc(OCc3ccccc3)c(F)cc12. The lowest BCUT2D eigenvalue weighted by Gasteiger charge is -2.17. The summed E-state index contributed by atoms with van der Waals surface area (Å²) in [6.07, 6.45) is 0.325. The Morgan fingerprint density at radius 1 is 1.19 bits per heavy atom. The van der Waals surface area contributed by atoms with Crippen LogP contribution in [0.25, 0.3) is 10.9 Å². The van der Waals surface area contributed by atoms with E-state index in [9.17, 15) is 4.39 Å². The van der Waals surface area contributed by atoms with Crippen molar-refractivity contribution < 1.29 is 13.9 Å². The molecule has 1 atom stereocenters. The van der Waals surface area contributed by atoms with Gasteiger partial charge < -0.3 is 14.9 Å². The van der Waals surface area contributed by atoms with Crippen LogP contribution in [0.15, 0.2) is 48.5 Å². The molecule has 1 aromatic heterocycles. The number of hydrogen-bond donors (Lipinski definition) is 1. The molecular weight excluding hydrogens is 343 g/mol. The average molecular weight is 366 g/mol. The molecular formula is C22H23FN2O2.